The Morgan fingerprint density at radius 2 is 2.14 bits per heavy atom. The van der Waals surface area contributed by atoms with Crippen LogP contribution in [0.3, 0.4) is 0 Å². The Hall–Kier alpha value is -3.53. The molecule has 3 aromatic rings. The molecule has 0 saturated carbocycles. The Balaban J connectivity index is 1.58. The molecule has 0 aliphatic rings. The number of ether oxygens (including phenoxy) is 1. The van der Waals surface area contributed by atoms with Crippen LogP contribution in [0.2, 0.25) is 0 Å². The van der Waals surface area contributed by atoms with Crippen molar-refractivity contribution in [1.29, 1.82) is 0 Å². The van der Waals surface area contributed by atoms with E-state index in [0.717, 1.165) is 10.9 Å². The number of non-ortho nitro benzene ring substituents is 1. The molecule has 0 aliphatic heterocycles. The van der Waals surface area contributed by atoms with Gasteiger partial charge in [0.25, 0.3) is 11.6 Å². The van der Waals surface area contributed by atoms with Gasteiger partial charge in [-0.15, -0.1) is 11.3 Å². The highest BCUT2D eigenvalue weighted by Gasteiger charge is 2.21. The largest absolute Gasteiger partial charge is 0.458 e. The van der Waals surface area contributed by atoms with E-state index in [9.17, 15) is 19.7 Å². The standard InChI is InChI=1S/C19H17N3O6S/c1-11(20-17(23)13-5-3-6-14(9-13)22(25)26)19(24)27-10-15-12(2)28-18(21-15)16-7-4-8-29-16/h3-9,11H,10H2,1-2H3,(H,20,23)/t11-/m0/s1. The first kappa shape index (κ1) is 20.2. The number of thiophene rings is 1. The third-order valence-corrected chi connectivity index (χ3v) is 4.85. The summed E-state index contributed by atoms with van der Waals surface area (Å²) in [5.74, 6) is -0.287. The minimum atomic E-state index is -0.953. The molecule has 150 valence electrons. The number of hydrogen-bond donors (Lipinski definition) is 1. The summed E-state index contributed by atoms with van der Waals surface area (Å²) >= 11 is 1.48. The smallest absolute Gasteiger partial charge is 0.328 e. The van der Waals surface area contributed by atoms with Gasteiger partial charge in [0, 0.05) is 17.7 Å². The molecule has 0 fully saturated rings. The van der Waals surface area contributed by atoms with E-state index in [1.807, 2.05) is 17.5 Å². The zero-order valence-corrected chi connectivity index (χ0v) is 16.4. The van der Waals surface area contributed by atoms with Crippen LogP contribution >= 0.6 is 11.3 Å². The number of benzene rings is 1. The predicted octanol–water partition coefficient (Wildman–Crippen LogP) is 3.48. The topological polar surface area (TPSA) is 125 Å². The van der Waals surface area contributed by atoms with Crippen molar-refractivity contribution in [3.63, 3.8) is 0 Å². The summed E-state index contributed by atoms with van der Waals surface area (Å²) < 4.78 is 10.8. The molecule has 0 aliphatic carbocycles. The first-order valence-electron chi connectivity index (χ1n) is 8.57. The Kier molecular flexibility index (Phi) is 6.03. The van der Waals surface area contributed by atoms with Crippen molar-refractivity contribution in [2.75, 3.05) is 0 Å². The maximum atomic E-state index is 12.2. The van der Waals surface area contributed by atoms with Crippen molar-refractivity contribution in [3.05, 3.63) is 68.9 Å². The van der Waals surface area contributed by atoms with E-state index in [2.05, 4.69) is 10.3 Å². The maximum Gasteiger partial charge on any atom is 0.328 e. The fourth-order valence-corrected chi connectivity index (χ4v) is 3.08. The second-order valence-corrected chi connectivity index (χ2v) is 7.06. The van der Waals surface area contributed by atoms with E-state index in [0.29, 0.717) is 17.3 Å². The second-order valence-electron chi connectivity index (χ2n) is 6.11. The van der Waals surface area contributed by atoms with Gasteiger partial charge < -0.3 is 14.5 Å². The molecule has 1 aromatic carbocycles. The Morgan fingerprint density at radius 1 is 1.34 bits per heavy atom. The van der Waals surface area contributed by atoms with Crippen LogP contribution in [0.4, 0.5) is 5.69 Å². The molecule has 0 spiro atoms. The van der Waals surface area contributed by atoms with Crippen LogP contribution < -0.4 is 5.32 Å². The molecule has 2 heterocycles. The lowest BCUT2D eigenvalue weighted by molar-refractivity contribution is -0.384. The second kappa shape index (κ2) is 8.65. The van der Waals surface area contributed by atoms with E-state index in [1.54, 1.807) is 6.92 Å². The van der Waals surface area contributed by atoms with Crippen LogP contribution in [-0.4, -0.2) is 27.8 Å². The number of esters is 1. The molecule has 1 atom stereocenters. The summed E-state index contributed by atoms with van der Waals surface area (Å²) in [6.07, 6.45) is 0. The molecule has 1 N–H and O–H groups in total. The van der Waals surface area contributed by atoms with Crippen LogP contribution in [0.25, 0.3) is 10.8 Å². The Labute approximate surface area is 169 Å². The number of carbonyl (C=O) groups is 2. The van der Waals surface area contributed by atoms with E-state index in [1.165, 1.54) is 36.5 Å². The summed E-state index contributed by atoms with van der Waals surface area (Å²) in [4.78, 5) is 39.9. The molecular formula is C19H17N3O6S. The van der Waals surface area contributed by atoms with Gasteiger partial charge in [-0.2, -0.15) is 0 Å². The number of oxazole rings is 1. The summed E-state index contributed by atoms with van der Waals surface area (Å²) in [5, 5.41) is 15.2. The number of nitrogens with zero attached hydrogens (tertiary/aromatic N) is 2. The van der Waals surface area contributed by atoms with Crippen molar-refractivity contribution >= 4 is 28.9 Å². The van der Waals surface area contributed by atoms with Gasteiger partial charge in [0.1, 0.15) is 24.1 Å². The Bertz CT molecular complexity index is 1040. The molecule has 10 heteroatoms. The number of nitrogens with one attached hydrogen (secondary N) is 1. The molecule has 29 heavy (non-hydrogen) atoms. The minimum absolute atomic E-state index is 0.0757. The van der Waals surface area contributed by atoms with Crippen LogP contribution in [0.1, 0.15) is 28.7 Å². The average Bonchev–Trinajstić information content (AvgIpc) is 3.35. The van der Waals surface area contributed by atoms with Crippen molar-refractivity contribution in [3.8, 4) is 10.8 Å². The van der Waals surface area contributed by atoms with Crippen LogP contribution in [0, 0.1) is 17.0 Å². The third-order valence-electron chi connectivity index (χ3n) is 4.00. The summed E-state index contributed by atoms with van der Waals surface area (Å²) in [7, 11) is 0. The maximum absolute atomic E-state index is 12.2. The SMILES string of the molecule is Cc1oc(-c2cccs2)nc1COC(=O)[C@H](C)NC(=O)c1cccc([N+](=O)[O-])c1. The number of nitro groups is 1. The minimum Gasteiger partial charge on any atom is -0.458 e. The number of aryl methyl sites for hydroxylation is 1. The molecule has 2 aromatic heterocycles. The lowest BCUT2D eigenvalue weighted by Crippen LogP contribution is -2.39. The van der Waals surface area contributed by atoms with E-state index in [4.69, 9.17) is 9.15 Å². The van der Waals surface area contributed by atoms with Gasteiger partial charge in [-0.05, 0) is 31.4 Å². The first-order valence-corrected chi connectivity index (χ1v) is 9.45. The number of nitro benzene ring substituents is 1. The monoisotopic (exact) mass is 415 g/mol. The molecular weight excluding hydrogens is 398 g/mol. The summed E-state index contributed by atoms with van der Waals surface area (Å²) in [6, 6.07) is 8.03. The molecule has 3 rings (SSSR count). The van der Waals surface area contributed by atoms with Gasteiger partial charge in [0.05, 0.1) is 9.80 Å². The van der Waals surface area contributed by atoms with Gasteiger partial charge >= 0.3 is 5.97 Å². The lowest BCUT2D eigenvalue weighted by Gasteiger charge is -2.13. The van der Waals surface area contributed by atoms with Crippen LogP contribution in [0.15, 0.2) is 46.2 Å². The predicted molar refractivity (Wildman–Crippen MR) is 104 cm³/mol. The van der Waals surface area contributed by atoms with Gasteiger partial charge in [0.15, 0.2) is 0 Å². The fraction of sp³-hybridized carbons (Fsp3) is 0.211. The fourth-order valence-electron chi connectivity index (χ4n) is 2.43. The lowest BCUT2D eigenvalue weighted by atomic mass is 10.2. The van der Waals surface area contributed by atoms with E-state index >= 15 is 0 Å². The molecule has 1 amide bonds. The van der Waals surface area contributed by atoms with Gasteiger partial charge in [-0.1, -0.05) is 12.1 Å². The van der Waals surface area contributed by atoms with Crippen LogP contribution in [-0.2, 0) is 16.1 Å². The number of rotatable bonds is 7. The molecule has 9 nitrogen and oxygen atoms in total. The van der Waals surface area contributed by atoms with Crippen LogP contribution in [0.5, 0.6) is 0 Å². The van der Waals surface area contributed by atoms with E-state index in [-0.39, 0.29) is 17.9 Å². The number of amides is 1. The zero-order valence-electron chi connectivity index (χ0n) is 15.6. The molecule has 0 radical (unpaired) electrons. The van der Waals surface area contributed by atoms with Crippen molar-refractivity contribution in [1.82, 2.24) is 10.3 Å². The van der Waals surface area contributed by atoms with Gasteiger partial charge in [-0.25, -0.2) is 9.78 Å². The normalized spacial score (nSPS) is 11.7. The zero-order chi connectivity index (χ0) is 21.0. The Morgan fingerprint density at radius 3 is 2.83 bits per heavy atom. The van der Waals surface area contributed by atoms with Gasteiger partial charge in [0.2, 0.25) is 5.89 Å². The number of hydrogen-bond acceptors (Lipinski definition) is 8. The van der Waals surface area contributed by atoms with Gasteiger partial charge in [-0.3, -0.25) is 14.9 Å². The van der Waals surface area contributed by atoms with Crippen molar-refractivity contribution in [2.24, 2.45) is 0 Å². The van der Waals surface area contributed by atoms with Crippen molar-refractivity contribution in [2.45, 2.75) is 26.5 Å². The summed E-state index contributed by atoms with van der Waals surface area (Å²) in [6.45, 7) is 3.08. The first-order chi connectivity index (χ1) is 13.8. The molecule has 0 bridgehead atoms. The highest BCUT2D eigenvalue weighted by atomic mass is 32.1. The third kappa shape index (κ3) is 4.85. The molecule has 0 saturated heterocycles. The summed E-state index contributed by atoms with van der Waals surface area (Å²) in [5.41, 5.74) is 0.349. The highest BCUT2D eigenvalue weighted by Crippen LogP contribution is 2.26. The quantitative estimate of drug-likeness (QED) is 0.356. The number of carbonyl (C=O) groups excluding carboxylic acids is 2. The average molecular weight is 415 g/mol. The molecule has 0 unspecified atom stereocenters. The number of aromatic nitrogens is 1. The van der Waals surface area contributed by atoms with E-state index < -0.39 is 22.8 Å². The van der Waals surface area contributed by atoms with Crippen molar-refractivity contribution < 1.29 is 23.7 Å². The highest BCUT2D eigenvalue weighted by molar-refractivity contribution is 7.13.